The minimum absolute atomic E-state index is 0.249. The maximum absolute atomic E-state index is 5.84. The fourth-order valence-electron chi connectivity index (χ4n) is 1.95. The van der Waals surface area contributed by atoms with E-state index < -0.39 is 0 Å². The average Bonchev–Trinajstić information content (AvgIpc) is 2.32. The van der Waals surface area contributed by atoms with Crippen molar-refractivity contribution in [3.8, 4) is 11.8 Å². The zero-order valence-corrected chi connectivity index (χ0v) is 9.56. The van der Waals surface area contributed by atoms with Gasteiger partial charge in [-0.2, -0.15) is 4.98 Å². The van der Waals surface area contributed by atoms with Crippen LogP contribution >= 0.6 is 0 Å². The van der Waals surface area contributed by atoms with Gasteiger partial charge in [0.1, 0.15) is 6.10 Å². The first kappa shape index (κ1) is 11.2. The number of hydrogen-bond acceptors (Lipinski definition) is 4. The van der Waals surface area contributed by atoms with E-state index in [2.05, 4.69) is 4.98 Å². The molecule has 0 saturated heterocycles. The Morgan fingerprint density at radius 1 is 1.19 bits per heavy atom. The number of rotatable bonds is 3. The molecule has 4 nitrogen and oxygen atoms in total. The normalized spacial score (nSPS) is 25.1. The molecule has 16 heavy (non-hydrogen) atoms. The Morgan fingerprint density at radius 3 is 2.56 bits per heavy atom. The number of hydrogen-bond donors (Lipinski definition) is 1. The van der Waals surface area contributed by atoms with Crippen molar-refractivity contribution in [3.05, 3.63) is 18.2 Å². The highest BCUT2D eigenvalue weighted by Crippen LogP contribution is 2.22. The standard InChI is InChI=1S/C12H18N2O2/c1-15-11-3-2-4-12(14-11)16-10-7-5-9(13)6-8-10/h2-4,9-10H,5-8,13H2,1H3. The summed E-state index contributed by atoms with van der Waals surface area (Å²) in [7, 11) is 1.60. The van der Waals surface area contributed by atoms with Gasteiger partial charge in [0.05, 0.1) is 7.11 Å². The first-order valence-electron chi connectivity index (χ1n) is 5.71. The molecule has 2 rings (SSSR count). The molecule has 0 radical (unpaired) electrons. The van der Waals surface area contributed by atoms with Gasteiger partial charge in [0, 0.05) is 18.2 Å². The van der Waals surface area contributed by atoms with E-state index in [9.17, 15) is 0 Å². The average molecular weight is 222 g/mol. The lowest BCUT2D eigenvalue weighted by Crippen LogP contribution is -2.31. The van der Waals surface area contributed by atoms with E-state index >= 15 is 0 Å². The van der Waals surface area contributed by atoms with Gasteiger partial charge in [0.25, 0.3) is 0 Å². The molecule has 0 amide bonds. The zero-order chi connectivity index (χ0) is 11.4. The smallest absolute Gasteiger partial charge is 0.216 e. The topological polar surface area (TPSA) is 57.4 Å². The monoisotopic (exact) mass is 222 g/mol. The highest BCUT2D eigenvalue weighted by molar-refractivity contribution is 5.19. The van der Waals surface area contributed by atoms with Crippen molar-refractivity contribution < 1.29 is 9.47 Å². The van der Waals surface area contributed by atoms with Gasteiger partial charge in [-0.15, -0.1) is 0 Å². The van der Waals surface area contributed by atoms with Crippen molar-refractivity contribution in [2.45, 2.75) is 37.8 Å². The largest absolute Gasteiger partial charge is 0.481 e. The molecule has 2 N–H and O–H groups in total. The van der Waals surface area contributed by atoms with Crippen molar-refractivity contribution in [1.82, 2.24) is 4.98 Å². The Morgan fingerprint density at radius 2 is 1.88 bits per heavy atom. The van der Waals surface area contributed by atoms with E-state index in [1.807, 2.05) is 18.2 Å². The summed E-state index contributed by atoms with van der Waals surface area (Å²) in [6.07, 6.45) is 4.35. The van der Waals surface area contributed by atoms with Crippen LogP contribution < -0.4 is 15.2 Å². The molecule has 1 aliphatic rings. The second-order valence-electron chi connectivity index (χ2n) is 4.17. The van der Waals surface area contributed by atoms with Crippen LogP contribution in [0.3, 0.4) is 0 Å². The second-order valence-corrected chi connectivity index (χ2v) is 4.17. The van der Waals surface area contributed by atoms with Crippen LogP contribution in [0, 0.1) is 0 Å². The molecule has 0 unspecified atom stereocenters. The molecule has 1 heterocycles. The Bertz CT molecular complexity index is 336. The van der Waals surface area contributed by atoms with Crippen LogP contribution in [0.4, 0.5) is 0 Å². The number of ether oxygens (including phenoxy) is 2. The molecule has 4 heteroatoms. The number of aromatic nitrogens is 1. The van der Waals surface area contributed by atoms with Gasteiger partial charge >= 0.3 is 0 Å². The Hall–Kier alpha value is -1.29. The molecule has 0 aromatic carbocycles. The van der Waals surface area contributed by atoms with Gasteiger partial charge in [-0.3, -0.25) is 0 Å². The van der Waals surface area contributed by atoms with Crippen LogP contribution in [-0.4, -0.2) is 24.2 Å². The van der Waals surface area contributed by atoms with Gasteiger partial charge in [0.15, 0.2) is 0 Å². The van der Waals surface area contributed by atoms with Gasteiger partial charge in [-0.1, -0.05) is 6.07 Å². The van der Waals surface area contributed by atoms with Crippen LogP contribution in [0.1, 0.15) is 25.7 Å². The molecule has 1 fully saturated rings. The SMILES string of the molecule is COc1cccc(OC2CCC(N)CC2)n1. The van der Waals surface area contributed by atoms with E-state index in [1.54, 1.807) is 7.11 Å². The Kier molecular flexibility index (Phi) is 3.62. The Labute approximate surface area is 95.8 Å². The van der Waals surface area contributed by atoms with Crippen molar-refractivity contribution >= 4 is 0 Å². The maximum Gasteiger partial charge on any atom is 0.216 e. The molecule has 0 atom stereocenters. The molecular weight excluding hydrogens is 204 g/mol. The summed E-state index contributed by atoms with van der Waals surface area (Å²) in [6.45, 7) is 0. The van der Waals surface area contributed by atoms with Crippen LogP contribution in [-0.2, 0) is 0 Å². The summed E-state index contributed by atoms with van der Waals surface area (Å²) < 4.78 is 10.8. The van der Waals surface area contributed by atoms with Gasteiger partial charge < -0.3 is 15.2 Å². The second kappa shape index (κ2) is 5.16. The molecule has 0 aliphatic heterocycles. The lowest BCUT2D eigenvalue weighted by Gasteiger charge is -2.26. The summed E-state index contributed by atoms with van der Waals surface area (Å²) in [5.41, 5.74) is 5.84. The third-order valence-corrected chi connectivity index (χ3v) is 2.91. The van der Waals surface area contributed by atoms with E-state index in [-0.39, 0.29) is 6.10 Å². The third-order valence-electron chi connectivity index (χ3n) is 2.91. The van der Waals surface area contributed by atoms with E-state index in [0.717, 1.165) is 25.7 Å². The summed E-state index contributed by atoms with van der Waals surface area (Å²) in [4.78, 5) is 4.23. The van der Waals surface area contributed by atoms with E-state index in [1.165, 1.54) is 0 Å². The summed E-state index contributed by atoms with van der Waals surface area (Å²) in [5, 5.41) is 0. The van der Waals surface area contributed by atoms with Crippen molar-refractivity contribution in [2.75, 3.05) is 7.11 Å². The van der Waals surface area contributed by atoms with Crippen molar-refractivity contribution in [2.24, 2.45) is 5.73 Å². The highest BCUT2D eigenvalue weighted by Gasteiger charge is 2.20. The molecular formula is C12H18N2O2. The van der Waals surface area contributed by atoms with E-state index in [4.69, 9.17) is 15.2 Å². The van der Waals surface area contributed by atoms with E-state index in [0.29, 0.717) is 17.8 Å². The number of nitrogens with zero attached hydrogens (tertiary/aromatic N) is 1. The van der Waals surface area contributed by atoms with Crippen LogP contribution in [0.25, 0.3) is 0 Å². The fraction of sp³-hybridized carbons (Fsp3) is 0.583. The molecule has 1 aliphatic carbocycles. The molecule has 1 aromatic rings. The maximum atomic E-state index is 5.84. The van der Waals surface area contributed by atoms with Gasteiger partial charge in [-0.25, -0.2) is 0 Å². The van der Waals surface area contributed by atoms with Gasteiger partial charge in [0.2, 0.25) is 11.8 Å². The Balaban J connectivity index is 1.93. The third kappa shape index (κ3) is 2.85. The van der Waals surface area contributed by atoms with Crippen molar-refractivity contribution in [3.63, 3.8) is 0 Å². The molecule has 1 aromatic heterocycles. The van der Waals surface area contributed by atoms with Crippen molar-refractivity contribution in [1.29, 1.82) is 0 Å². The summed E-state index contributed by atoms with van der Waals surface area (Å²) in [6, 6.07) is 5.90. The molecule has 88 valence electrons. The number of methoxy groups -OCH3 is 1. The predicted octanol–water partition coefficient (Wildman–Crippen LogP) is 1.74. The zero-order valence-electron chi connectivity index (χ0n) is 9.56. The van der Waals surface area contributed by atoms with Crippen LogP contribution in [0.5, 0.6) is 11.8 Å². The first-order chi connectivity index (χ1) is 7.78. The van der Waals surface area contributed by atoms with Crippen LogP contribution in [0.2, 0.25) is 0 Å². The minimum atomic E-state index is 0.249. The number of nitrogens with two attached hydrogens (primary N) is 1. The lowest BCUT2D eigenvalue weighted by molar-refractivity contribution is 0.140. The quantitative estimate of drug-likeness (QED) is 0.846. The van der Waals surface area contributed by atoms with Crippen LogP contribution in [0.15, 0.2) is 18.2 Å². The predicted molar refractivity (Wildman–Crippen MR) is 61.6 cm³/mol. The molecule has 0 spiro atoms. The number of pyridine rings is 1. The fourth-order valence-corrected chi connectivity index (χ4v) is 1.95. The minimum Gasteiger partial charge on any atom is -0.481 e. The molecule has 1 saturated carbocycles. The van der Waals surface area contributed by atoms with Gasteiger partial charge in [-0.05, 0) is 25.7 Å². The summed E-state index contributed by atoms with van der Waals surface area (Å²) in [5.74, 6) is 1.23. The lowest BCUT2D eigenvalue weighted by atomic mass is 9.94. The first-order valence-corrected chi connectivity index (χ1v) is 5.71. The summed E-state index contributed by atoms with van der Waals surface area (Å²) >= 11 is 0. The highest BCUT2D eigenvalue weighted by atomic mass is 16.5. The molecule has 0 bridgehead atoms.